The lowest BCUT2D eigenvalue weighted by molar-refractivity contribution is 0.258. The number of rotatable bonds is 3. The van der Waals surface area contributed by atoms with Crippen molar-refractivity contribution in [2.24, 2.45) is 17.6 Å². The predicted octanol–water partition coefficient (Wildman–Crippen LogP) is 1.70. The highest BCUT2D eigenvalue weighted by atomic mass is 15.2. The summed E-state index contributed by atoms with van der Waals surface area (Å²) in [5.74, 6) is 1.51. The van der Waals surface area contributed by atoms with Crippen LogP contribution in [0.4, 0.5) is 0 Å². The van der Waals surface area contributed by atoms with Gasteiger partial charge in [0.15, 0.2) is 0 Å². The molecular formula is C11H24N2. The number of hydrogen-bond donors (Lipinski definition) is 1. The summed E-state index contributed by atoms with van der Waals surface area (Å²) >= 11 is 0. The van der Waals surface area contributed by atoms with E-state index in [9.17, 15) is 0 Å². The van der Waals surface area contributed by atoms with Crippen molar-refractivity contribution < 1.29 is 0 Å². The van der Waals surface area contributed by atoms with E-state index in [1.165, 1.54) is 13.0 Å². The zero-order valence-corrected chi connectivity index (χ0v) is 9.46. The molecule has 0 spiro atoms. The van der Waals surface area contributed by atoms with Crippen molar-refractivity contribution in [2.75, 3.05) is 13.1 Å². The van der Waals surface area contributed by atoms with Gasteiger partial charge < -0.3 is 5.73 Å². The third-order valence-corrected chi connectivity index (χ3v) is 3.02. The number of hydrogen-bond acceptors (Lipinski definition) is 2. The molecule has 13 heavy (non-hydrogen) atoms. The van der Waals surface area contributed by atoms with E-state index < -0.39 is 0 Å². The van der Waals surface area contributed by atoms with E-state index in [-0.39, 0.29) is 0 Å². The van der Waals surface area contributed by atoms with E-state index in [0.717, 1.165) is 18.4 Å². The molecule has 2 nitrogen and oxygen atoms in total. The maximum absolute atomic E-state index is 6.11. The van der Waals surface area contributed by atoms with E-state index in [4.69, 9.17) is 5.73 Å². The molecule has 1 saturated heterocycles. The second-order valence-electron chi connectivity index (χ2n) is 5.10. The van der Waals surface area contributed by atoms with Crippen LogP contribution in [0.15, 0.2) is 0 Å². The summed E-state index contributed by atoms with van der Waals surface area (Å²) in [5.41, 5.74) is 6.11. The van der Waals surface area contributed by atoms with Gasteiger partial charge in [0.25, 0.3) is 0 Å². The fourth-order valence-electron chi connectivity index (χ4n) is 2.21. The monoisotopic (exact) mass is 184 g/mol. The maximum atomic E-state index is 6.11. The second-order valence-corrected chi connectivity index (χ2v) is 5.10. The van der Waals surface area contributed by atoms with Gasteiger partial charge in [-0.3, -0.25) is 4.90 Å². The molecule has 0 bridgehead atoms. The third-order valence-electron chi connectivity index (χ3n) is 3.02. The Balaban J connectivity index is 2.42. The van der Waals surface area contributed by atoms with E-state index in [0.29, 0.717) is 12.1 Å². The fourth-order valence-corrected chi connectivity index (χ4v) is 2.21. The van der Waals surface area contributed by atoms with Crippen molar-refractivity contribution in [1.29, 1.82) is 0 Å². The Morgan fingerprint density at radius 1 is 1.23 bits per heavy atom. The molecule has 1 fully saturated rings. The molecule has 0 amide bonds. The van der Waals surface area contributed by atoms with Crippen LogP contribution < -0.4 is 5.73 Å². The van der Waals surface area contributed by atoms with Gasteiger partial charge in [-0.1, -0.05) is 13.8 Å². The molecule has 0 aliphatic carbocycles. The van der Waals surface area contributed by atoms with Crippen LogP contribution in [-0.2, 0) is 0 Å². The first kappa shape index (κ1) is 11.0. The number of nitrogens with zero attached hydrogens (tertiary/aromatic N) is 1. The maximum Gasteiger partial charge on any atom is 0.0209 e. The molecule has 2 heteroatoms. The standard InChI is InChI=1S/C11H24N2/c1-8(2)5-10-6-13(9(3)4)7-11(10)12/h8-11H,5-7,12H2,1-4H3/t10-,11-/m1/s1. The van der Waals surface area contributed by atoms with Gasteiger partial charge in [-0.05, 0) is 32.1 Å². The summed E-state index contributed by atoms with van der Waals surface area (Å²) in [5, 5.41) is 0. The second kappa shape index (κ2) is 4.43. The quantitative estimate of drug-likeness (QED) is 0.723. The van der Waals surface area contributed by atoms with Gasteiger partial charge >= 0.3 is 0 Å². The van der Waals surface area contributed by atoms with E-state index in [2.05, 4.69) is 32.6 Å². The van der Waals surface area contributed by atoms with E-state index in [1.807, 2.05) is 0 Å². The van der Waals surface area contributed by atoms with Crippen LogP contribution in [-0.4, -0.2) is 30.1 Å². The lowest BCUT2D eigenvalue weighted by Crippen LogP contribution is -2.32. The molecule has 1 aliphatic heterocycles. The zero-order chi connectivity index (χ0) is 10.0. The Hall–Kier alpha value is -0.0800. The molecule has 0 aromatic carbocycles. The highest BCUT2D eigenvalue weighted by Gasteiger charge is 2.31. The first-order chi connectivity index (χ1) is 6.00. The molecule has 0 radical (unpaired) electrons. The topological polar surface area (TPSA) is 29.3 Å². The van der Waals surface area contributed by atoms with Crippen molar-refractivity contribution in [3.05, 3.63) is 0 Å². The minimum Gasteiger partial charge on any atom is -0.326 e. The summed E-state index contributed by atoms with van der Waals surface area (Å²) < 4.78 is 0. The Morgan fingerprint density at radius 3 is 2.23 bits per heavy atom. The van der Waals surface area contributed by atoms with Crippen molar-refractivity contribution in [3.8, 4) is 0 Å². The zero-order valence-electron chi connectivity index (χ0n) is 9.46. The molecule has 2 N–H and O–H groups in total. The van der Waals surface area contributed by atoms with Crippen molar-refractivity contribution >= 4 is 0 Å². The molecular weight excluding hydrogens is 160 g/mol. The average Bonchev–Trinajstić information content (AvgIpc) is 2.31. The number of nitrogens with two attached hydrogens (primary N) is 1. The minimum atomic E-state index is 0.407. The third kappa shape index (κ3) is 2.96. The summed E-state index contributed by atoms with van der Waals surface area (Å²) in [6, 6.07) is 1.06. The van der Waals surface area contributed by atoms with Crippen LogP contribution in [0.2, 0.25) is 0 Å². The molecule has 0 unspecified atom stereocenters. The highest BCUT2D eigenvalue weighted by molar-refractivity contribution is 4.88. The molecule has 0 saturated carbocycles. The summed E-state index contributed by atoms with van der Waals surface area (Å²) in [4.78, 5) is 2.50. The summed E-state index contributed by atoms with van der Waals surface area (Å²) in [7, 11) is 0. The van der Waals surface area contributed by atoms with Gasteiger partial charge in [0.05, 0.1) is 0 Å². The summed E-state index contributed by atoms with van der Waals surface area (Å²) in [6.07, 6.45) is 1.28. The first-order valence-electron chi connectivity index (χ1n) is 5.50. The van der Waals surface area contributed by atoms with Gasteiger partial charge in [-0.25, -0.2) is 0 Å². The predicted molar refractivity (Wildman–Crippen MR) is 57.6 cm³/mol. The van der Waals surface area contributed by atoms with Gasteiger partial charge in [-0.15, -0.1) is 0 Å². The number of likely N-dealkylation sites (tertiary alicyclic amines) is 1. The van der Waals surface area contributed by atoms with Crippen LogP contribution >= 0.6 is 0 Å². The first-order valence-corrected chi connectivity index (χ1v) is 5.50. The Bertz CT molecular complexity index is 154. The van der Waals surface area contributed by atoms with Crippen molar-refractivity contribution in [1.82, 2.24) is 4.90 Å². The Morgan fingerprint density at radius 2 is 1.85 bits per heavy atom. The fraction of sp³-hybridized carbons (Fsp3) is 1.00. The molecule has 1 heterocycles. The SMILES string of the molecule is CC(C)C[C@@H]1CN(C(C)C)C[C@H]1N. The van der Waals surface area contributed by atoms with Crippen molar-refractivity contribution in [2.45, 2.75) is 46.2 Å². The van der Waals surface area contributed by atoms with Gasteiger partial charge in [0.2, 0.25) is 0 Å². The minimum absolute atomic E-state index is 0.407. The Kier molecular flexibility index (Phi) is 3.74. The lowest BCUT2D eigenvalue weighted by atomic mass is 9.93. The summed E-state index contributed by atoms with van der Waals surface area (Å²) in [6.45, 7) is 11.4. The molecule has 2 atom stereocenters. The van der Waals surface area contributed by atoms with Crippen LogP contribution in [0.1, 0.15) is 34.1 Å². The van der Waals surface area contributed by atoms with Gasteiger partial charge in [0.1, 0.15) is 0 Å². The average molecular weight is 184 g/mol. The van der Waals surface area contributed by atoms with Crippen molar-refractivity contribution in [3.63, 3.8) is 0 Å². The smallest absolute Gasteiger partial charge is 0.0209 e. The molecule has 0 aromatic heterocycles. The largest absolute Gasteiger partial charge is 0.326 e. The van der Waals surface area contributed by atoms with Crippen LogP contribution in [0, 0.1) is 11.8 Å². The normalized spacial score (nSPS) is 30.7. The molecule has 1 rings (SSSR count). The van der Waals surface area contributed by atoms with Crippen LogP contribution in [0.5, 0.6) is 0 Å². The lowest BCUT2D eigenvalue weighted by Gasteiger charge is -2.20. The van der Waals surface area contributed by atoms with E-state index >= 15 is 0 Å². The molecule has 1 aliphatic rings. The van der Waals surface area contributed by atoms with Crippen LogP contribution in [0.25, 0.3) is 0 Å². The molecule has 0 aromatic rings. The van der Waals surface area contributed by atoms with E-state index in [1.54, 1.807) is 0 Å². The van der Waals surface area contributed by atoms with Crippen LogP contribution in [0.3, 0.4) is 0 Å². The van der Waals surface area contributed by atoms with Gasteiger partial charge in [0, 0.05) is 25.2 Å². The van der Waals surface area contributed by atoms with Gasteiger partial charge in [-0.2, -0.15) is 0 Å². The highest BCUT2D eigenvalue weighted by Crippen LogP contribution is 2.23. The molecule has 78 valence electrons. The Labute approximate surface area is 82.5 Å².